The highest BCUT2D eigenvalue weighted by atomic mass is 32.1. The Morgan fingerprint density at radius 3 is 3.31 bits per heavy atom. The minimum Gasteiger partial charge on any atom is -0.378 e. The summed E-state index contributed by atoms with van der Waals surface area (Å²) in [5, 5.41) is 10.2. The molecule has 1 aromatic heterocycles. The molecule has 2 N–H and O–H groups in total. The highest BCUT2D eigenvalue weighted by Crippen LogP contribution is 2.18. The molecule has 5 heteroatoms. The van der Waals surface area contributed by atoms with Crippen LogP contribution in [0.2, 0.25) is 0 Å². The second kappa shape index (κ2) is 6.30. The van der Waals surface area contributed by atoms with E-state index in [9.17, 15) is 0 Å². The van der Waals surface area contributed by atoms with Gasteiger partial charge >= 0.3 is 0 Å². The van der Waals surface area contributed by atoms with Gasteiger partial charge in [0.2, 0.25) is 0 Å². The van der Waals surface area contributed by atoms with E-state index in [1.165, 1.54) is 5.01 Å². The van der Waals surface area contributed by atoms with Crippen molar-refractivity contribution in [2.24, 2.45) is 0 Å². The first kappa shape index (κ1) is 12.0. The molecule has 2 rings (SSSR count). The first-order valence-electron chi connectivity index (χ1n) is 5.84. The summed E-state index contributed by atoms with van der Waals surface area (Å²) in [5.41, 5.74) is 0. The molecular formula is C11H19N3OS. The summed E-state index contributed by atoms with van der Waals surface area (Å²) in [6.07, 6.45) is 2.94. The van der Waals surface area contributed by atoms with Gasteiger partial charge in [-0.25, -0.2) is 4.98 Å². The largest absolute Gasteiger partial charge is 0.378 e. The second-order valence-electron chi connectivity index (χ2n) is 3.97. The van der Waals surface area contributed by atoms with E-state index >= 15 is 0 Å². The van der Waals surface area contributed by atoms with Crippen LogP contribution in [0, 0.1) is 0 Å². The van der Waals surface area contributed by atoms with Crippen molar-refractivity contribution < 1.29 is 4.74 Å². The van der Waals surface area contributed by atoms with Crippen molar-refractivity contribution in [1.82, 2.24) is 15.6 Å². The number of aromatic nitrogens is 1. The molecule has 16 heavy (non-hydrogen) atoms. The Morgan fingerprint density at radius 1 is 1.75 bits per heavy atom. The average Bonchev–Trinajstić information content (AvgIpc) is 2.85. The van der Waals surface area contributed by atoms with Crippen LogP contribution < -0.4 is 10.6 Å². The van der Waals surface area contributed by atoms with E-state index in [-0.39, 0.29) is 0 Å². The third-order valence-corrected chi connectivity index (χ3v) is 3.66. The van der Waals surface area contributed by atoms with E-state index in [2.05, 4.69) is 22.5 Å². The second-order valence-corrected chi connectivity index (χ2v) is 4.89. The minimum absolute atomic E-state index is 0.378. The quantitative estimate of drug-likeness (QED) is 0.812. The highest BCUT2D eigenvalue weighted by Gasteiger charge is 2.16. The Balaban J connectivity index is 1.78. The number of rotatable bonds is 5. The Labute approximate surface area is 100 Å². The molecular weight excluding hydrogens is 222 g/mol. The number of hydrogen-bond donors (Lipinski definition) is 2. The predicted molar refractivity (Wildman–Crippen MR) is 65.8 cm³/mol. The predicted octanol–water partition coefficient (Wildman–Crippen LogP) is 1.17. The topological polar surface area (TPSA) is 46.2 Å². The molecule has 2 heterocycles. The summed E-state index contributed by atoms with van der Waals surface area (Å²) in [5.74, 6) is 0. The molecule has 90 valence electrons. The Hall–Kier alpha value is -0.490. The first-order chi connectivity index (χ1) is 7.90. The van der Waals surface area contributed by atoms with Gasteiger partial charge in [-0.05, 0) is 6.42 Å². The summed E-state index contributed by atoms with van der Waals surface area (Å²) in [4.78, 5) is 4.36. The van der Waals surface area contributed by atoms with Crippen molar-refractivity contribution >= 4 is 11.3 Å². The Bertz CT molecular complexity index is 285. The Morgan fingerprint density at radius 2 is 2.69 bits per heavy atom. The lowest BCUT2D eigenvalue weighted by molar-refractivity contribution is 0.0757. The number of hydrogen-bond acceptors (Lipinski definition) is 5. The maximum atomic E-state index is 5.42. The zero-order chi connectivity index (χ0) is 11.2. The summed E-state index contributed by atoms with van der Waals surface area (Å²) < 4.78 is 5.42. The van der Waals surface area contributed by atoms with Crippen LogP contribution in [-0.4, -0.2) is 37.3 Å². The Kier molecular flexibility index (Phi) is 4.71. The number of thiazole rings is 1. The molecule has 0 radical (unpaired) electrons. The molecule has 0 aliphatic carbocycles. The monoisotopic (exact) mass is 241 g/mol. The van der Waals surface area contributed by atoms with Crippen LogP contribution in [0.15, 0.2) is 11.6 Å². The SMILES string of the molecule is CCC(NCC1COCCN1)c1nccs1. The van der Waals surface area contributed by atoms with Gasteiger partial charge in [0.15, 0.2) is 0 Å². The molecule has 0 saturated carbocycles. The van der Waals surface area contributed by atoms with Gasteiger partial charge in [0.1, 0.15) is 5.01 Å². The molecule has 1 aliphatic rings. The van der Waals surface area contributed by atoms with E-state index in [4.69, 9.17) is 4.74 Å². The zero-order valence-electron chi connectivity index (χ0n) is 9.61. The molecule has 2 unspecified atom stereocenters. The summed E-state index contributed by atoms with van der Waals surface area (Å²) in [6, 6.07) is 0.812. The van der Waals surface area contributed by atoms with Gasteiger partial charge < -0.3 is 15.4 Å². The lowest BCUT2D eigenvalue weighted by Crippen LogP contribution is -2.47. The standard InChI is InChI=1S/C11H19N3OS/c1-2-10(11-13-4-6-16-11)14-7-9-8-15-5-3-12-9/h4,6,9-10,12,14H,2-3,5,7-8H2,1H3. The van der Waals surface area contributed by atoms with E-state index in [1.54, 1.807) is 11.3 Å². The van der Waals surface area contributed by atoms with Gasteiger partial charge in [0.05, 0.1) is 19.3 Å². The summed E-state index contributed by atoms with van der Waals surface area (Å²) in [7, 11) is 0. The minimum atomic E-state index is 0.378. The zero-order valence-corrected chi connectivity index (χ0v) is 10.4. The van der Waals surface area contributed by atoms with Crippen LogP contribution in [0.25, 0.3) is 0 Å². The number of nitrogens with one attached hydrogen (secondary N) is 2. The van der Waals surface area contributed by atoms with Gasteiger partial charge in [-0.1, -0.05) is 6.92 Å². The maximum Gasteiger partial charge on any atom is 0.109 e. The molecule has 0 spiro atoms. The number of morpholine rings is 1. The van der Waals surface area contributed by atoms with Crippen LogP contribution in [-0.2, 0) is 4.74 Å². The smallest absolute Gasteiger partial charge is 0.109 e. The van der Waals surface area contributed by atoms with Crippen LogP contribution in [0.1, 0.15) is 24.4 Å². The molecule has 1 fully saturated rings. The van der Waals surface area contributed by atoms with Gasteiger partial charge in [0.25, 0.3) is 0 Å². The molecule has 1 aliphatic heterocycles. The van der Waals surface area contributed by atoms with Crippen LogP contribution in [0.5, 0.6) is 0 Å². The van der Waals surface area contributed by atoms with Crippen LogP contribution in [0.4, 0.5) is 0 Å². The van der Waals surface area contributed by atoms with Crippen LogP contribution in [0.3, 0.4) is 0 Å². The third kappa shape index (κ3) is 3.25. The fourth-order valence-corrected chi connectivity index (χ4v) is 2.65. The third-order valence-electron chi connectivity index (χ3n) is 2.77. The van der Waals surface area contributed by atoms with E-state index in [1.807, 2.05) is 11.6 Å². The van der Waals surface area contributed by atoms with Crippen LogP contribution >= 0.6 is 11.3 Å². The van der Waals surface area contributed by atoms with E-state index in [0.29, 0.717) is 12.1 Å². The maximum absolute atomic E-state index is 5.42. The fraction of sp³-hybridized carbons (Fsp3) is 0.727. The van der Waals surface area contributed by atoms with Crippen molar-refractivity contribution in [3.05, 3.63) is 16.6 Å². The van der Waals surface area contributed by atoms with Gasteiger partial charge in [-0.3, -0.25) is 0 Å². The number of ether oxygens (including phenoxy) is 1. The molecule has 0 amide bonds. The highest BCUT2D eigenvalue weighted by molar-refractivity contribution is 7.09. The molecule has 4 nitrogen and oxygen atoms in total. The van der Waals surface area contributed by atoms with Gasteiger partial charge in [-0.15, -0.1) is 11.3 Å². The van der Waals surface area contributed by atoms with E-state index in [0.717, 1.165) is 32.7 Å². The molecule has 0 aromatic carbocycles. The lowest BCUT2D eigenvalue weighted by Gasteiger charge is -2.25. The molecule has 1 aromatic rings. The van der Waals surface area contributed by atoms with Crippen molar-refractivity contribution in [3.8, 4) is 0 Å². The first-order valence-corrected chi connectivity index (χ1v) is 6.72. The van der Waals surface area contributed by atoms with Crippen molar-refractivity contribution in [3.63, 3.8) is 0 Å². The fourth-order valence-electron chi connectivity index (χ4n) is 1.85. The molecule has 2 atom stereocenters. The van der Waals surface area contributed by atoms with Gasteiger partial charge in [0, 0.05) is 30.7 Å². The van der Waals surface area contributed by atoms with Gasteiger partial charge in [-0.2, -0.15) is 0 Å². The van der Waals surface area contributed by atoms with Crippen molar-refractivity contribution in [2.45, 2.75) is 25.4 Å². The van der Waals surface area contributed by atoms with E-state index < -0.39 is 0 Å². The summed E-state index contributed by atoms with van der Waals surface area (Å²) >= 11 is 1.72. The average molecular weight is 241 g/mol. The van der Waals surface area contributed by atoms with Crippen molar-refractivity contribution in [1.29, 1.82) is 0 Å². The normalized spacial score (nSPS) is 23.2. The van der Waals surface area contributed by atoms with Crippen molar-refractivity contribution in [2.75, 3.05) is 26.3 Å². The summed E-state index contributed by atoms with van der Waals surface area (Å²) in [6.45, 7) is 5.73. The molecule has 1 saturated heterocycles. The lowest BCUT2D eigenvalue weighted by atomic mass is 10.2. The number of nitrogens with zero attached hydrogens (tertiary/aromatic N) is 1. The molecule has 0 bridgehead atoms.